The zero-order chi connectivity index (χ0) is 14.8. The Labute approximate surface area is 123 Å². The lowest BCUT2D eigenvalue weighted by atomic mass is 9.79. The van der Waals surface area contributed by atoms with Crippen molar-refractivity contribution in [3.05, 3.63) is 34.6 Å². The molecule has 0 atom stereocenters. The molecule has 6 heteroatoms. The molecule has 3 N–H and O–H groups in total. The van der Waals surface area contributed by atoms with Gasteiger partial charge in [0.15, 0.2) is 0 Å². The highest BCUT2D eigenvalue weighted by Gasteiger charge is 2.34. The number of likely N-dealkylation sites (tertiary alicyclic amines) is 1. The number of halogens is 2. The monoisotopic (exact) mass is 299 g/mol. The van der Waals surface area contributed by atoms with Crippen LogP contribution in [0.4, 0.5) is 4.39 Å². The number of piperidine rings is 1. The summed E-state index contributed by atoms with van der Waals surface area (Å²) in [6.45, 7) is 4.22. The number of hydrogen-bond acceptors (Lipinski definition) is 3. The van der Waals surface area contributed by atoms with Crippen LogP contribution < -0.4 is 5.73 Å². The summed E-state index contributed by atoms with van der Waals surface area (Å²) in [6, 6.07) is 4.86. The average Bonchev–Trinajstić information content (AvgIpc) is 2.45. The second-order valence-electron chi connectivity index (χ2n) is 5.53. The molecule has 2 rings (SSSR count). The molecule has 0 spiro atoms. The van der Waals surface area contributed by atoms with Gasteiger partial charge < -0.3 is 10.9 Å². The van der Waals surface area contributed by atoms with Gasteiger partial charge in [0.25, 0.3) is 0 Å². The molecule has 0 bridgehead atoms. The van der Waals surface area contributed by atoms with Gasteiger partial charge in [-0.05, 0) is 37.6 Å². The van der Waals surface area contributed by atoms with Gasteiger partial charge in [0, 0.05) is 12.0 Å². The lowest BCUT2D eigenvalue weighted by molar-refractivity contribution is 0.153. The van der Waals surface area contributed by atoms with Crippen LogP contribution in [0.15, 0.2) is 23.4 Å². The topological polar surface area (TPSA) is 61.9 Å². The predicted octanol–water partition coefficient (Wildman–Crippen LogP) is 2.83. The third-order valence-electron chi connectivity index (χ3n) is 4.11. The van der Waals surface area contributed by atoms with Gasteiger partial charge in [0.2, 0.25) is 0 Å². The molecule has 0 saturated carbocycles. The number of benzene rings is 1. The summed E-state index contributed by atoms with van der Waals surface area (Å²) in [5.74, 6) is -0.108. The average molecular weight is 300 g/mol. The zero-order valence-corrected chi connectivity index (χ0v) is 12.2. The number of nitrogens with two attached hydrogens (primary N) is 1. The summed E-state index contributed by atoms with van der Waals surface area (Å²) in [4.78, 5) is 2.20. The van der Waals surface area contributed by atoms with Crippen molar-refractivity contribution >= 4 is 17.4 Å². The number of rotatable bonds is 3. The molecular formula is C14H19ClFN3O. The Morgan fingerprint density at radius 2 is 2.15 bits per heavy atom. The maximum absolute atomic E-state index is 13.4. The maximum atomic E-state index is 13.4. The van der Waals surface area contributed by atoms with Gasteiger partial charge >= 0.3 is 0 Å². The first-order chi connectivity index (χ1) is 9.46. The van der Waals surface area contributed by atoms with Gasteiger partial charge in [0.05, 0.1) is 5.02 Å². The highest BCUT2D eigenvalue weighted by molar-refractivity contribution is 6.31. The fourth-order valence-corrected chi connectivity index (χ4v) is 2.68. The predicted molar refractivity (Wildman–Crippen MR) is 77.4 cm³/mol. The van der Waals surface area contributed by atoms with Crippen LogP contribution in [-0.4, -0.2) is 29.0 Å². The van der Waals surface area contributed by atoms with Gasteiger partial charge in [-0.1, -0.05) is 35.8 Å². The lowest BCUT2D eigenvalue weighted by Gasteiger charge is -2.38. The SMILES string of the molecule is CC1(/C(N)=N/O)CCN(Cc2cccc(F)c2Cl)CC1. The minimum Gasteiger partial charge on any atom is -0.409 e. The summed E-state index contributed by atoms with van der Waals surface area (Å²) in [5.41, 5.74) is 6.26. The second-order valence-corrected chi connectivity index (χ2v) is 5.91. The largest absolute Gasteiger partial charge is 0.409 e. The molecule has 1 heterocycles. The van der Waals surface area contributed by atoms with Crippen molar-refractivity contribution in [3.63, 3.8) is 0 Å². The summed E-state index contributed by atoms with van der Waals surface area (Å²) in [6.07, 6.45) is 1.60. The standard InChI is InChI=1S/C14H19ClFN3O/c1-14(13(17)18-20)5-7-19(8-6-14)9-10-3-2-4-11(16)12(10)15/h2-4,20H,5-9H2,1H3,(H2,17,18). The third-order valence-corrected chi connectivity index (χ3v) is 4.53. The van der Waals surface area contributed by atoms with Crippen molar-refractivity contribution in [2.75, 3.05) is 13.1 Å². The smallest absolute Gasteiger partial charge is 0.145 e. The molecule has 0 aromatic heterocycles. The summed E-state index contributed by atoms with van der Waals surface area (Å²) in [7, 11) is 0. The van der Waals surface area contributed by atoms with Gasteiger partial charge in [-0.3, -0.25) is 4.90 Å². The normalized spacial score (nSPS) is 20.1. The third kappa shape index (κ3) is 3.04. The summed E-state index contributed by atoms with van der Waals surface area (Å²) >= 11 is 5.97. The Balaban J connectivity index is 2.00. The molecule has 1 fully saturated rings. The molecule has 20 heavy (non-hydrogen) atoms. The van der Waals surface area contributed by atoms with E-state index in [4.69, 9.17) is 22.5 Å². The Bertz CT molecular complexity index is 513. The van der Waals surface area contributed by atoms with Crippen LogP contribution in [0.5, 0.6) is 0 Å². The lowest BCUT2D eigenvalue weighted by Crippen LogP contribution is -2.45. The fraction of sp³-hybridized carbons (Fsp3) is 0.500. The molecule has 0 unspecified atom stereocenters. The van der Waals surface area contributed by atoms with Gasteiger partial charge in [-0.15, -0.1) is 0 Å². The van der Waals surface area contributed by atoms with Crippen LogP contribution in [0.25, 0.3) is 0 Å². The van der Waals surface area contributed by atoms with Gasteiger partial charge in [-0.25, -0.2) is 4.39 Å². The molecule has 0 radical (unpaired) electrons. The number of amidine groups is 1. The van der Waals surface area contributed by atoms with E-state index in [-0.39, 0.29) is 22.1 Å². The van der Waals surface area contributed by atoms with Crippen molar-refractivity contribution in [2.45, 2.75) is 26.3 Å². The van der Waals surface area contributed by atoms with Crippen molar-refractivity contribution in [1.29, 1.82) is 0 Å². The van der Waals surface area contributed by atoms with Crippen LogP contribution >= 0.6 is 11.6 Å². The Kier molecular flexibility index (Phi) is 4.50. The van der Waals surface area contributed by atoms with E-state index in [2.05, 4.69) is 10.1 Å². The van der Waals surface area contributed by atoms with E-state index in [1.807, 2.05) is 13.0 Å². The molecule has 1 aromatic carbocycles. The molecule has 1 aliphatic heterocycles. The molecule has 1 aromatic rings. The maximum Gasteiger partial charge on any atom is 0.145 e. The number of hydrogen-bond donors (Lipinski definition) is 2. The van der Waals surface area contributed by atoms with Gasteiger partial charge in [-0.2, -0.15) is 0 Å². The van der Waals surface area contributed by atoms with E-state index in [9.17, 15) is 4.39 Å². The first-order valence-corrected chi connectivity index (χ1v) is 6.97. The number of oxime groups is 1. The minimum atomic E-state index is -0.386. The van der Waals surface area contributed by atoms with Crippen molar-refractivity contribution < 1.29 is 9.60 Å². The van der Waals surface area contributed by atoms with Crippen molar-refractivity contribution in [2.24, 2.45) is 16.3 Å². The van der Waals surface area contributed by atoms with Gasteiger partial charge in [0.1, 0.15) is 11.7 Å². The number of nitrogens with zero attached hydrogens (tertiary/aromatic N) is 2. The zero-order valence-electron chi connectivity index (χ0n) is 11.4. The van der Waals surface area contributed by atoms with Crippen molar-refractivity contribution in [3.8, 4) is 0 Å². The molecule has 1 saturated heterocycles. The van der Waals surface area contributed by atoms with Crippen molar-refractivity contribution in [1.82, 2.24) is 4.90 Å². The Hall–Kier alpha value is -1.33. The van der Waals surface area contributed by atoms with Crippen LogP contribution in [0.2, 0.25) is 5.02 Å². The summed E-state index contributed by atoms with van der Waals surface area (Å²) in [5, 5.41) is 12.1. The molecule has 1 aliphatic rings. The first-order valence-electron chi connectivity index (χ1n) is 6.59. The second kappa shape index (κ2) is 5.97. The molecule has 4 nitrogen and oxygen atoms in total. The fourth-order valence-electron chi connectivity index (χ4n) is 2.49. The highest BCUT2D eigenvalue weighted by Crippen LogP contribution is 2.32. The van der Waals surface area contributed by atoms with E-state index in [1.165, 1.54) is 6.07 Å². The van der Waals surface area contributed by atoms with Crippen LogP contribution in [-0.2, 0) is 6.54 Å². The molecule has 0 aliphatic carbocycles. The van der Waals surface area contributed by atoms with E-state index < -0.39 is 0 Å². The minimum absolute atomic E-state index is 0.192. The van der Waals surface area contributed by atoms with E-state index in [0.717, 1.165) is 31.5 Å². The molecular weight excluding hydrogens is 281 g/mol. The summed E-state index contributed by atoms with van der Waals surface area (Å²) < 4.78 is 13.4. The highest BCUT2D eigenvalue weighted by atomic mass is 35.5. The Morgan fingerprint density at radius 3 is 2.75 bits per heavy atom. The first kappa shape index (κ1) is 15.1. The molecule has 110 valence electrons. The quantitative estimate of drug-likeness (QED) is 0.390. The van der Waals surface area contributed by atoms with E-state index in [1.54, 1.807) is 6.07 Å². The molecule has 0 amide bonds. The van der Waals surface area contributed by atoms with Crippen LogP contribution in [0, 0.1) is 11.2 Å². The van der Waals surface area contributed by atoms with E-state index >= 15 is 0 Å². The van der Waals surface area contributed by atoms with Crippen LogP contribution in [0.3, 0.4) is 0 Å². The van der Waals surface area contributed by atoms with Crippen LogP contribution in [0.1, 0.15) is 25.3 Å². The van der Waals surface area contributed by atoms with E-state index in [0.29, 0.717) is 6.54 Å². The Morgan fingerprint density at radius 1 is 1.50 bits per heavy atom.